The molecule has 0 N–H and O–H groups in total. The van der Waals surface area contributed by atoms with Crippen LogP contribution in [0.1, 0.15) is 30.1 Å². The van der Waals surface area contributed by atoms with E-state index < -0.39 is 0 Å². The molecule has 1 aromatic heterocycles. The van der Waals surface area contributed by atoms with Crippen molar-refractivity contribution < 1.29 is 9.53 Å². The first kappa shape index (κ1) is 17.5. The summed E-state index contributed by atoms with van der Waals surface area (Å²) in [5.74, 6) is 1.15. The number of thioether (sulfide) groups is 1. The fourth-order valence-electron chi connectivity index (χ4n) is 2.71. The van der Waals surface area contributed by atoms with Crippen LogP contribution >= 0.6 is 11.8 Å². The maximum atomic E-state index is 12.5. The molecule has 0 aliphatic rings. The minimum Gasteiger partial charge on any atom is -0.497 e. The van der Waals surface area contributed by atoms with Gasteiger partial charge in [0.15, 0.2) is 10.9 Å². The van der Waals surface area contributed by atoms with Crippen LogP contribution in [-0.4, -0.2) is 28.2 Å². The van der Waals surface area contributed by atoms with Gasteiger partial charge in [0.2, 0.25) is 0 Å². The zero-order valence-electron chi connectivity index (χ0n) is 14.6. The molecule has 0 spiro atoms. The number of nitrogens with zero attached hydrogens (tertiary/aromatic N) is 2. The van der Waals surface area contributed by atoms with Crippen molar-refractivity contribution in [2.24, 2.45) is 0 Å². The van der Waals surface area contributed by atoms with Crippen LogP contribution in [0.4, 0.5) is 0 Å². The summed E-state index contributed by atoms with van der Waals surface area (Å²) in [6.07, 6.45) is 2.22. The number of ether oxygens (including phenoxy) is 1. The SMILES string of the molecule is CCCCn1c(SCC(=O)c2cccc(OC)c2)nc2ccccc21. The van der Waals surface area contributed by atoms with Gasteiger partial charge in [0.1, 0.15) is 5.75 Å². The summed E-state index contributed by atoms with van der Waals surface area (Å²) in [7, 11) is 1.61. The number of carbonyl (C=O) groups excluding carboxylic acids is 1. The molecule has 0 saturated carbocycles. The van der Waals surface area contributed by atoms with Gasteiger partial charge in [-0.15, -0.1) is 0 Å². The van der Waals surface area contributed by atoms with Crippen molar-refractivity contribution in [1.29, 1.82) is 0 Å². The fourth-order valence-corrected chi connectivity index (χ4v) is 3.64. The summed E-state index contributed by atoms with van der Waals surface area (Å²) in [6.45, 7) is 3.10. The topological polar surface area (TPSA) is 44.1 Å². The molecule has 0 aliphatic carbocycles. The van der Waals surface area contributed by atoms with Gasteiger partial charge in [0.05, 0.1) is 23.9 Å². The van der Waals surface area contributed by atoms with Crippen LogP contribution in [0.2, 0.25) is 0 Å². The highest BCUT2D eigenvalue weighted by Gasteiger charge is 2.14. The maximum Gasteiger partial charge on any atom is 0.173 e. The number of rotatable bonds is 8. The molecule has 0 saturated heterocycles. The van der Waals surface area contributed by atoms with E-state index in [0.717, 1.165) is 35.6 Å². The molecule has 0 amide bonds. The number of imidazole rings is 1. The van der Waals surface area contributed by atoms with Gasteiger partial charge in [-0.25, -0.2) is 4.98 Å². The molecule has 0 fully saturated rings. The number of aromatic nitrogens is 2. The quantitative estimate of drug-likeness (QED) is 0.430. The Morgan fingerprint density at radius 1 is 1.20 bits per heavy atom. The monoisotopic (exact) mass is 354 g/mol. The van der Waals surface area contributed by atoms with Crippen LogP contribution in [0.25, 0.3) is 11.0 Å². The summed E-state index contributed by atoms with van der Waals surface area (Å²) < 4.78 is 7.42. The van der Waals surface area contributed by atoms with Crippen LogP contribution in [-0.2, 0) is 6.54 Å². The number of unbranched alkanes of at least 4 members (excludes halogenated alkanes) is 1. The zero-order chi connectivity index (χ0) is 17.6. The molecule has 130 valence electrons. The number of fused-ring (bicyclic) bond motifs is 1. The van der Waals surface area contributed by atoms with Gasteiger partial charge in [-0.3, -0.25) is 4.79 Å². The van der Waals surface area contributed by atoms with Gasteiger partial charge >= 0.3 is 0 Å². The number of methoxy groups -OCH3 is 1. The van der Waals surface area contributed by atoms with Crippen molar-refractivity contribution in [3.05, 3.63) is 54.1 Å². The molecule has 0 radical (unpaired) electrons. The predicted molar refractivity (Wildman–Crippen MR) is 103 cm³/mol. The van der Waals surface area contributed by atoms with Crippen LogP contribution < -0.4 is 4.74 Å². The summed E-state index contributed by atoms with van der Waals surface area (Å²) in [4.78, 5) is 17.2. The van der Waals surface area contributed by atoms with E-state index >= 15 is 0 Å². The second-order valence-electron chi connectivity index (χ2n) is 5.83. The van der Waals surface area contributed by atoms with E-state index in [2.05, 4.69) is 17.6 Å². The lowest BCUT2D eigenvalue weighted by atomic mass is 10.1. The van der Waals surface area contributed by atoms with Crippen molar-refractivity contribution in [3.63, 3.8) is 0 Å². The molecule has 4 nitrogen and oxygen atoms in total. The summed E-state index contributed by atoms with van der Waals surface area (Å²) >= 11 is 1.50. The van der Waals surface area contributed by atoms with E-state index in [9.17, 15) is 4.79 Å². The Morgan fingerprint density at radius 2 is 2.04 bits per heavy atom. The third-order valence-corrected chi connectivity index (χ3v) is 5.06. The second kappa shape index (κ2) is 8.21. The molecular weight excluding hydrogens is 332 g/mol. The van der Waals surface area contributed by atoms with Crippen molar-refractivity contribution in [1.82, 2.24) is 9.55 Å². The van der Waals surface area contributed by atoms with Gasteiger partial charge in [-0.2, -0.15) is 0 Å². The largest absolute Gasteiger partial charge is 0.497 e. The normalized spacial score (nSPS) is 11.0. The highest BCUT2D eigenvalue weighted by Crippen LogP contribution is 2.25. The average molecular weight is 354 g/mol. The smallest absolute Gasteiger partial charge is 0.173 e. The Hall–Kier alpha value is -2.27. The molecule has 0 atom stereocenters. The second-order valence-corrected chi connectivity index (χ2v) is 6.77. The van der Waals surface area contributed by atoms with Crippen molar-refractivity contribution >= 4 is 28.6 Å². The third-order valence-electron chi connectivity index (χ3n) is 4.08. The average Bonchev–Trinajstić information content (AvgIpc) is 3.02. The van der Waals surface area contributed by atoms with E-state index in [1.807, 2.05) is 36.4 Å². The van der Waals surface area contributed by atoms with Gasteiger partial charge in [-0.1, -0.05) is 49.4 Å². The standard InChI is InChI=1S/C20H22N2O2S/c1-3-4-12-22-18-11-6-5-10-17(18)21-20(22)25-14-19(23)15-8-7-9-16(13-15)24-2/h5-11,13H,3-4,12,14H2,1-2H3. The Bertz CT molecular complexity index is 873. The number of aryl methyl sites for hydroxylation is 1. The lowest BCUT2D eigenvalue weighted by Crippen LogP contribution is -2.05. The highest BCUT2D eigenvalue weighted by atomic mass is 32.2. The molecule has 1 heterocycles. The molecule has 3 rings (SSSR count). The first-order valence-corrected chi connectivity index (χ1v) is 9.46. The lowest BCUT2D eigenvalue weighted by Gasteiger charge is -2.08. The van der Waals surface area contributed by atoms with E-state index in [1.54, 1.807) is 13.2 Å². The van der Waals surface area contributed by atoms with E-state index in [1.165, 1.54) is 11.8 Å². The number of carbonyl (C=O) groups is 1. The Labute approximate surface area is 152 Å². The molecule has 3 aromatic rings. The summed E-state index contributed by atoms with van der Waals surface area (Å²) in [5.41, 5.74) is 2.78. The molecule has 0 aliphatic heterocycles. The first-order valence-electron chi connectivity index (χ1n) is 8.48. The zero-order valence-corrected chi connectivity index (χ0v) is 15.4. The molecular formula is C20H22N2O2S. The molecule has 25 heavy (non-hydrogen) atoms. The first-order chi connectivity index (χ1) is 12.2. The van der Waals surface area contributed by atoms with Crippen LogP contribution in [0.3, 0.4) is 0 Å². The van der Waals surface area contributed by atoms with E-state index in [-0.39, 0.29) is 5.78 Å². The van der Waals surface area contributed by atoms with E-state index in [4.69, 9.17) is 9.72 Å². The molecule has 0 bridgehead atoms. The Balaban J connectivity index is 1.79. The van der Waals surface area contributed by atoms with Gasteiger partial charge in [0, 0.05) is 12.1 Å². The fraction of sp³-hybridized carbons (Fsp3) is 0.300. The lowest BCUT2D eigenvalue weighted by molar-refractivity contribution is 0.102. The summed E-state index contributed by atoms with van der Waals surface area (Å²) in [5, 5.41) is 0.908. The van der Waals surface area contributed by atoms with E-state index in [0.29, 0.717) is 17.1 Å². The third kappa shape index (κ3) is 4.04. The molecule has 5 heteroatoms. The van der Waals surface area contributed by atoms with Crippen LogP contribution in [0, 0.1) is 0 Å². The molecule has 2 aromatic carbocycles. The van der Waals surface area contributed by atoms with Crippen LogP contribution in [0.15, 0.2) is 53.7 Å². The molecule has 0 unspecified atom stereocenters. The predicted octanol–water partition coefficient (Wildman–Crippen LogP) is 4.82. The minimum atomic E-state index is 0.0815. The number of hydrogen-bond acceptors (Lipinski definition) is 4. The van der Waals surface area contributed by atoms with Crippen LogP contribution in [0.5, 0.6) is 5.75 Å². The van der Waals surface area contributed by atoms with Gasteiger partial charge in [-0.05, 0) is 30.7 Å². The van der Waals surface area contributed by atoms with Crippen molar-refractivity contribution in [2.45, 2.75) is 31.5 Å². The highest BCUT2D eigenvalue weighted by molar-refractivity contribution is 7.99. The van der Waals surface area contributed by atoms with Gasteiger partial charge in [0.25, 0.3) is 0 Å². The Morgan fingerprint density at radius 3 is 2.84 bits per heavy atom. The Kier molecular flexibility index (Phi) is 5.76. The number of Topliss-reactive ketones (excluding diaryl/α,β-unsaturated/α-hetero) is 1. The van der Waals surface area contributed by atoms with Gasteiger partial charge < -0.3 is 9.30 Å². The number of para-hydroxylation sites is 2. The van der Waals surface area contributed by atoms with Crippen molar-refractivity contribution in [2.75, 3.05) is 12.9 Å². The number of benzene rings is 2. The van der Waals surface area contributed by atoms with Crippen molar-refractivity contribution in [3.8, 4) is 5.75 Å². The summed E-state index contributed by atoms with van der Waals surface area (Å²) in [6, 6.07) is 15.4. The maximum absolute atomic E-state index is 12.5. The number of ketones is 1. The minimum absolute atomic E-state index is 0.0815. The number of hydrogen-bond donors (Lipinski definition) is 0.